The predicted octanol–water partition coefficient (Wildman–Crippen LogP) is 3.50. The first-order valence-electron chi connectivity index (χ1n) is 8.45. The quantitative estimate of drug-likeness (QED) is 0.662. The van der Waals surface area contributed by atoms with Gasteiger partial charge in [0.1, 0.15) is 5.75 Å². The van der Waals surface area contributed by atoms with Crippen LogP contribution in [0.25, 0.3) is 0 Å². The molecule has 2 aromatic rings. The number of aryl methyl sites for hydroxylation is 1. The molecule has 1 amide bonds. The Morgan fingerprint density at radius 1 is 1.00 bits per heavy atom. The van der Waals surface area contributed by atoms with E-state index in [0.29, 0.717) is 6.42 Å². The fraction of sp³-hybridized carbons (Fsp3) is 0.400. The number of ether oxygens (including phenoxy) is 1. The Labute approximate surface area is 144 Å². The Morgan fingerprint density at radius 2 is 1.67 bits per heavy atom. The number of likely N-dealkylation sites (N-methyl/N-ethyl adjacent to an activating group) is 1. The minimum atomic E-state index is 0.221. The van der Waals surface area contributed by atoms with E-state index in [1.54, 1.807) is 19.5 Å². The minimum absolute atomic E-state index is 0.221. The number of pyridine rings is 1. The molecule has 0 spiro atoms. The monoisotopic (exact) mass is 326 g/mol. The van der Waals surface area contributed by atoms with Crippen molar-refractivity contribution in [1.29, 1.82) is 0 Å². The number of unbranched alkanes of at least 4 members (excludes halogenated alkanes) is 1. The van der Waals surface area contributed by atoms with Gasteiger partial charge in [-0.25, -0.2) is 0 Å². The number of carbonyl (C=O) groups is 1. The predicted molar refractivity (Wildman–Crippen MR) is 96.1 cm³/mol. The summed E-state index contributed by atoms with van der Waals surface area (Å²) in [5.74, 6) is 1.10. The summed E-state index contributed by atoms with van der Waals surface area (Å²) >= 11 is 0. The van der Waals surface area contributed by atoms with Crippen LogP contribution in [0.3, 0.4) is 0 Å². The van der Waals surface area contributed by atoms with Crippen LogP contribution >= 0.6 is 0 Å². The molecule has 0 saturated heterocycles. The van der Waals surface area contributed by atoms with Crippen LogP contribution in [0.1, 0.15) is 30.4 Å². The van der Waals surface area contributed by atoms with E-state index in [2.05, 4.69) is 17.1 Å². The molecule has 0 atom stereocenters. The zero-order chi connectivity index (χ0) is 17.2. The fourth-order valence-corrected chi connectivity index (χ4v) is 2.56. The molecule has 4 nitrogen and oxygen atoms in total. The molecule has 0 aliphatic rings. The molecule has 2 rings (SSSR count). The average Bonchev–Trinajstić information content (AvgIpc) is 2.64. The first-order chi connectivity index (χ1) is 11.7. The largest absolute Gasteiger partial charge is 0.497 e. The van der Waals surface area contributed by atoms with Crippen molar-refractivity contribution in [2.45, 2.75) is 32.1 Å². The van der Waals surface area contributed by atoms with Gasteiger partial charge < -0.3 is 9.64 Å². The second kappa shape index (κ2) is 9.71. The lowest BCUT2D eigenvalue weighted by Gasteiger charge is -2.17. The minimum Gasteiger partial charge on any atom is -0.497 e. The molecular weight excluding hydrogens is 300 g/mol. The molecule has 0 aliphatic carbocycles. The highest BCUT2D eigenvalue weighted by Crippen LogP contribution is 2.14. The third kappa shape index (κ3) is 6.03. The van der Waals surface area contributed by atoms with E-state index >= 15 is 0 Å². The normalized spacial score (nSPS) is 10.4. The van der Waals surface area contributed by atoms with Gasteiger partial charge >= 0.3 is 0 Å². The number of hydrogen-bond acceptors (Lipinski definition) is 3. The van der Waals surface area contributed by atoms with Gasteiger partial charge in [-0.05, 0) is 61.1 Å². The van der Waals surface area contributed by atoms with Crippen LogP contribution in [0.5, 0.6) is 5.75 Å². The summed E-state index contributed by atoms with van der Waals surface area (Å²) < 4.78 is 5.15. The Morgan fingerprint density at radius 3 is 2.33 bits per heavy atom. The molecule has 0 saturated carbocycles. The molecule has 1 heterocycles. The molecule has 0 bridgehead atoms. The smallest absolute Gasteiger partial charge is 0.222 e. The van der Waals surface area contributed by atoms with E-state index < -0.39 is 0 Å². The van der Waals surface area contributed by atoms with Crippen molar-refractivity contribution in [1.82, 2.24) is 9.88 Å². The van der Waals surface area contributed by atoms with Crippen molar-refractivity contribution in [2.24, 2.45) is 0 Å². The second-order valence-corrected chi connectivity index (χ2v) is 5.98. The molecule has 0 unspecified atom stereocenters. The maximum absolute atomic E-state index is 12.2. The van der Waals surface area contributed by atoms with Crippen LogP contribution in [-0.4, -0.2) is 36.5 Å². The van der Waals surface area contributed by atoms with Crippen molar-refractivity contribution in [2.75, 3.05) is 20.7 Å². The Kier molecular flexibility index (Phi) is 7.27. The second-order valence-electron chi connectivity index (χ2n) is 5.98. The fourth-order valence-electron chi connectivity index (χ4n) is 2.56. The van der Waals surface area contributed by atoms with Gasteiger partial charge in [-0.2, -0.15) is 0 Å². The van der Waals surface area contributed by atoms with Crippen molar-refractivity contribution >= 4 is 5.91 Å². The summed E-state index contributed by atoms with van der Waals surface area (Å²) in [6.07, 6.45) is 8.00. The highest BCUT2D eigenvalue weighted by molar-refractivity contribution is 5.75. The molecule has 0 N–H and O–H groups in total. The summed E-state index contributed by atoms with van der Waals surface area (Å²) in [7, 11) is 3.55. The van der Waals surface area contributed by atoms with Gasteiger partial charge in [-0.1, -0.05) is 12.1 Å². The molecule has 0 aliphatic heterocycles. The highest BCUT2D eigenvalue weighted by atomic mass is 16.5. The molecule has 4 heteroatoms. The summed E-state index contributed by atoms with van der Waals surface area (Å²) in [5.41, 5.74) is 2.50. The van der Waals surface area contributed by atoms with Gasteiger partial charge in [0.05, 0.1) is 7.11 Å². The summed E-state index contributed by atoms with van der Waals surface area (Å²) in [6, 6.07) is 12.1. The van der Waals surface area contributed by atoms with Gasteiger partial charge in [0.25, 0.3) is 0 Å². The van der Waals surface area contributed by atoms with E-state index in [4.69, 9.17) is 4.74 Å². The lowest BCUT2D eigenvalue weighted by Crippen LogP contribution is -2.28. The van der Waals surface area contributed by atoms with Crippen molar-refractivity contribution < 1.29 is 9.53 Å². The number of rotatable bonds is 9. The number of aromatic nitrogens is 1. The Bertz CT molecular complexity index is 611. The molecular formula is C20H26N2O2. The molecule has 1 aromatic heterocycles. The molecule has 0 fully saturated rings. The summed E-state index contributed by atoms with van der Waals surface area (Å²) in [5, 5.41) is 0. The summed E-state index contributed by atoms with van der Waals surface area (Å²) in [4.78, 5) is 18.0. The van der Waals surface area contributed by atoms with Crippen LogP contribution in [0.2, 0.25) is 0 Å². The number of benzene rings is 1. The third-order valence-corrected chi connectivity index (χ3v) is 4.18. The third-order valence-electron chi connectivity index (χ3n) is 4.18. The van der Waals surface area contributed by atoms with Gasteiger partial charge in [-0.3, -0.25) is 9.78 Å². The Balaban J connectivity index is 1.63. The van der Waals surface area contributed by atoms with Crippen molar-refractivity contribution in [3.8, 4) is 5.75 Å². The van der Waals surface area contributed by atoms with Crippen LogP contribution in [0.15, 0.2) is 48.8 Å². The number of nitrogens with zero attached hydrogens (tertiary/aromatic N) is 2. The number of hydrogen-bond donors (Lipinski definition) is 0. The topological polar surface area (TPSA) is 42.4 Å². The first-order valence-corrected chi connectivity index (χ1v) is 8.45. The Hall–Kier alpha value is -2.36. The number of methoxy groups -OCH3 is 1. The van der Waals surface area contributed by atoms with Crippen LogP contribution in [-0.2, 0) is 17.6 Å². The van der Waals surface area contributed by atoms with E-state index in [-0.39, 0.29) is 5.91 Å². The van der Waals surface area contributed by atoms with Crippen LogP contribution in [0, 0.1) is 0 Å². The van der Waals surface area contributed by atoms with E-state index in [0.717, 1.165) is 38.0 Å². The van der Waals surface area contributed by atoms with E-state index in [1.807, 2.05) is 36.2 Å². The molecule has 1 aromatic carbocycles. The summed E-state index contributed by atoms with van der Waals surface area (Å²) in [6.45, 7) is 0.751. The standard InChI is InChI=1S/C20H26N2O2/c1-22(16-13-18-11-14-21-15-12-18)20(23)6-4-3-5-17-7-9-19(24-2)10-8-17/h7-12,14-15H,3-6,13,16H2,1-2H3. The zero-order valence-corrected chi connectivity index (χ0v) is 14.6. The number of amides is 1. The van der Waals surface area contributed by atoms with Gasteiger partial charge in [0.15, 0.2) is 0 Å². The van der Waals surface area contributed by atoms with E-state index in [1.165, 1.54) is 11.1 Å². The van der Waals surface area contributed by atoms with Crippen LogP contribution in [0.4, 0.5) is 0 Å². The lowest BCUT2D eigenvalue weighted by atomic mass is 10.1. The number of carbonyl (C=O) groups excluding carboxylic acids is 1. The SMILES string of the molecule is COc1ccc(CCCCC(=O)N(C)CCc2ccncc2)cc1. The molecule has 24 heavy (non-hydrogen) atoms. The van der Waals surface area contributed by atoms with Crippen molar-refractivity contribution in [3.05, 3.63) is 59.9 Å². The van der Waals surface area contributed by atoms with Gasteiger partial charge in [0.2, 0.25) is 5.91 Å². The lowest BCUT2D eigenvalue weighted by molar-refractivity contribution is -0.130. The maximum Gasteiger partial charge on any atom is 0.222 e. The first kappa shape index (κ1) is 18.0. The molecule has 128 valence electrons. The van der Waals surface area contributed by atoms with Crippen molar-refractivity contribution in [3.63, 3.8) is 0 Å². The maximum atomic E-state index is 12.2. The van der Waals surface area contributed by atoms with Gasteiger partial charge in [-0.15, -0.1) is 0 Å². The van der Waals surface area contributed by atoms with E-state index in [9.17, 15) is 4.79 Å². The molecule has 0 radical (unpaired) electrons. The highest BCUT2D eigenvalue weighted by Gasteiger charge is 2.08. The zero-order valence-electron chi connectivity index (χ0n) is 14.6. The average molecular weight is 326 g/mol. The van der Waals surface area contributed by atoms with Gasteiger partial charge in [0, 0.05) is 32.4 Å². The van der Waals surface area contributed by atoms with Crippen LogP contribution < -0.4 is 4.74 Å².